The van der Waals surface area contributed by atoms with Crippen LogP contribution in [0.25, 0.3) is 0 Å². The molecule has 0 spiro atoms. The molecule has 0 saturated carbocycles. The van der Waals surface area contributed by atoms with Crippen molar-refractivity contribution in [2.45, 2.75) is 33.3 Å². The van der Waals surface area contributed by atoms with Crippen molar-refractivity contribution in [2.24, 2.45) is 0 Å². The van der Waals surface area contributed by atoms with Crippen LogP contribution in [0.4, 0.5) is 5.69 Å². The molecule has 1 N–H and O–H groups in total. The summed E-state index contributed by atoms with van der Waals surface area (Å²) in [6.07, 6.45) is 2.30. The van der Waals surface area contributed by atoms with Crippen molar-refractivity contribution in [2.75, 3.05) is 11.9 Å². The van der Waals surface area contributed by atoms with Crippen LogP contribution in [-0.4, -0.2) is 24.3 Å². The van der Waals surface area contributed by atoms with Gasteiger partial charge < -0.3 is 14.8 Å². The van der Waals surface area contributed by atoms with E-state index in [1.165, 1.54) is 6.20 Å². The molecule has 0 aliphatic rings. The van der Waals surface area contributed by atoms with Crippen LogP contribution in [0.1, 0.15) is 42.6 Å². The largest absolute Gasteiger partial charge is 0.462 e. The molecule has 0 aliphatic carbocycles. The Kier molecular flexibility index (Phi) is 8.63. The summed E-state index contributed by atoms with van der Waals surface area (Å²) in [4.78, 5) is 36.1. The fourth-order valence-electron chi connectivity index (χ4n) is 2.48. The second-order valence-electron chi connectivity index (χ2n) is 6.24. The zero-order valence-corrected chi connectivity index (χ0v) is 16.6. The third-order valence-electron chi connectivity index (χ3n) is 3.99. The van der Waals surface area contributed by atoms with Gasteiger partial charge in [-0.25, -0.2) is 9.59 Å². The van der Waals surface area contributed by atoms with Crippen molar-refractivity contribution >= 4 is 23.4 Å². The summed E-state index contributed by atoms with van der Waals surface area (Å²) >= 11 is 0. The number of hydrogen-bond acceptors (Lipinski definition) is 6. The van der Waals surface area contributed by atoms with Crippen molar-refractivity contribution in [1.82, 2.24) is 0 Å². The van der Waals surface area contributed by atoms with Gasteiger partial charge in [0.15, 0.2) is 5.78 Å². The zero-order valence-electron chi connectivity index (χ0n) is 16.6. The fraction of sp³-hybridized carbons (Fsp3) is 0.261. The van der Waals surface area contributed by atoms with Gasteiger partial charge >= 0.3 is 11.9 Å². The van der Waals surface area contributed by atoms with Gasteiger partial charge in [0.25, 0.3) is 0 Å². The molecule has 2 rings (SSSR count). The van der Waals surface area contributed by atoms with Gasteiger partial charge in [-0.15, -0.1) is 0 Å². The van der Waals surface area contributed by atoms with E-state index in [9.17, 15) is 14.4 Å². The Morgan fingerprint density at radius 1 is 0.931 bits per heavy atom. The molecule has 2 aromatic rings. The highest BCUT2D eigenvalue weighted by molar-refractivity contribution is 6.17. The highest BCUT2D eigenvalue weighted by Gasteiger charge is 2.18. The molecule has 6 heteroatoms. The molecule has 0 saturated heterocycles. The molecule has 0 aromatic heterocycles. The number of anilines is 1. The van der Waals surface area contributed by atoms with Gasteiger partial charge in [-0.1, -0.05) is 37.3 Å². The van der Waals surface area contributed by atoms with E-state index in [-0.39, 0.29) is 37.0 Å². The lowest BCUT2D eigenvalue weighted by Gasteiger charge is -2.08. The molecule has 0 radical (unpaired) electrons. The lowest BCUT2D eigenvalue weighted by molar-refractivity contribution is -0.140. The predicted octanol–water partition coefficient (Wildman–Crippen LogP) is 4.27. The van der Waals surface area contributed by atoms with Crippen LogP contribution in [-0.2, 0) is 25.7 Å². The summed E-state index contributed by atoms with van der Waals surface area (Å²) < 4.78 is 10.2. The van der Waals surface area contributed by atoms with E-state index in [0.717, 1.165) is 5.56 Å². The Bertz CT molecular complexity index is 837. The molecule has 29 heavy (non-hydrogen) atoms. The average Bonchev–Trinajstić information content (AvgIpc) is 2.74. The SMILES string of the molecule is CCCC(=O)/C(=C/Nc1ccc(COC(=O)c2ccccc2)cc1)C(=O)OCC. The molecule has 0 bridgehead atoms. The monoisotopic (exact) mass is 395 g/mol. The molecule has 0 unspecified atom stereocenters. The Hall–Kier alpha value is -3.41. The fourth-order valence-corrected chi connectivity index (χ4v) is 2.48. The molecule has 0 heterocycles. The Morgan fingerprint density at radius 2 is 1.62 bits per heavy atom. The molecule has 6 nitrogen and oxygen atoms in total. The number of rotatable bonds is 10. The number of benzene rings is 2. The van der Waals surface area contributed by atoms with Crippen molar-refractivity contribution in [3.63, 3.8) is 0 Å². The molecule has 0 atom stereocenters. The van der Waals surface area contributed by atoms with Gasteiger partial charge in [0.05, 0.1) is 12.2 Å². The first kappa shape index (κ1) is 21.9. The highest BCUT2D eigenvalue weighted by atomic mass is 16.5. The van der Waals surface area contributed by atoms with E-state index < -0.39 is 5.97 Å². The zero-order chi connectivity index (χ0) is 21.1. The smallest absolute Gasteiger partial charge is 0.343 e. The van der Waals surface area contributed by atoms with Crippen LogP contribution in [0.3, 0.4) is 0 Å². The van der Waals surface area contributed by atoms with Crippen LogP contribution in [0.2, 0.25) is 0 Å². The number of carbonyl (C=O) groups is 3. The van der Waals surface area contributed by atoms with Gasteiger partial charge in [0, 0.05) is 18.3 Å². The Labute approximate surface area is 170 Å². The molecule has 0 fully saturated rings. The van der Waals surface area contributed by atoms with Crippen molar-refractivity contribution in [3.8, 4) is 0 Å². The van der Waals surface area contributed by atoms with E-state index >= 15 is 0 Å². The van der Waals surface area contributed by atoms with Crippen LogP contribution in [0.15, 0.2) is 66.4 Å². The van der Waals surface area contributed by atoms with Gasteiger partial charge in [-0.2, -0.15) is 0 Å². The molecular formula is C23H25NO5. The maximum absolute atomic E-state index is 12.1. The van der Waals surface area contributed by atoms with Crippen molar-refractivity contribution in [3.05, 3.63) is 77.5 Å². The molecule has 0 amide bonds. The lowest BCUT2D eigenvalue weighted by atomic mass is 10.1. The standard InChI is InChI=1S/C23H25NO5/c1-3-8-21(25)20(23(27)28-4-2)15-24-19-13-11-17(12-14-19)16-29-22(26)18-9-6-5-7-10-18/h5-7,9-15,24H,3-4,8,16H2,1-2H3/b20-15-. The normalized spacial score (nSPS) is 10.9. The average molecular weight is 395 g/mol. The van der Waals surface area contributed by atoms with E-state index in [4.69, 9.17) is 9.47 Å². The molecule has 2 aromatic carbocycles. The van der Waals surface area contributed by atoms with Gasteiger partial charge in [-0.3, -0.25) is 4.79 Å². The summed E-state index contributed by atoms with van der Waals surface area (Å²) in [5, 5.41) is 2.95. The molecular weight excluding hydrogens is 370 g/mol. The van der Waals surface area contributed by atoms with Gasteiger partial charge in [-0.05, 0) is 43.2 Å². The number of ether oxygens (including phenoxy) is 2. The van der Waals surface area contributed by atoms with E-state index in [2.05, 4.69) is 5.32 Å². The second-order valence-corrected chi connectivity index (χ2v) is 6.24. The van der Waals surface area contributed by atoms with Crippen LogP contribution in [0, 0.1) is 0 Å². The summed E-state index contributed by atoms with van der Waals surface area (Å²) in [5.74, 6) is -1.28. The number of hydrogen-bond donors (Lipinski definition) is 1. The number of nitrogens with one attached hydrogen (secondary N) is 1. The van der Waals surface area contributed by atoms with Crippen molar-refractivity contribution < 1.29 is 23.9 Å². The minimum atomic E-state index is -0.636. The first-order valence-electron chi connectivity index (χ1n) is 9.53. The van der Waals surface area contributed by atoms with Gasteiger partial charge in [0.2, 0.25) is 0 Å². The summed E-state index contributed by atoms with van der Waals surface area (Å²) in [6, 6.07) is 15.9. The summed E-state index contributed by atoms with van der Waals surface area (Å²) in [6.45, 7) is 3.91. The van der Waals surface area contributed by atoms with E-state index in [1.54, 1.807) is 55.5 Å². The highest BCUT2D eigenvalue weighted by Crippen LogP contribution is 2.13. The number of esters is 2. The topological polar surface area (TPSA) is 81.7 Å². The quantitative estimate of drug-likeness (QED) is 0.280. The maximum Gasteiger partial charge on any atom is 0.343 e. The summed E-state index contributed by atoms with van der Waals surface area (Å²) in [5.41, 5.74) is 2.00. The maximum atomic E-state index is 12.1. The number of ketones is 1. The lowest BCUT2D eigenvalue weighted by Crippen LogP contribution is -2.17. The predicted molar refractivity (Wildman–Crippen MR) is 110 cm³/mol. The van der Waals surface area contributed by atoms with E-state index in [1.807, 2.05) is 13.0 Å². The number of carbonyl (C=O) groups excluding carboxylic acids is 3. The minimum Gasteiger partial charge on any atom is -0.462 e. The third-order valence-corrected chi connectivity index (χ3v) is 3.99. The Morgan fingerprint density at radius 3 is 2.24 bits per heavy atom. The van der Waals surface area contributed by atoms with Crippen molar-refractivity contribution in [1.29, 1.82) is 0 Å². The first-order valence-corrected chi connectivity index (χ1v) is 9.53. The van der Waals surface area contributed by atoms with Crippen LogP contribution in [0.5, 0.6) is 0 Å². The molecule has 0 aliphatic heterocycles. The third kappa shape index (κ3) is 6.92. The van der Waals surface area contributed by atoms with E-state index in [0.29, 0.717) is 17.7 Å². The Balaban J connectivity index is 1.97. The number of Topliss-reactive ketones (excluding diaryl/α,β-unsaturated/α-hetero) is 1. The molecule has 152 valence electrons. The minimum absolute atomic E-state index is 0.00503. The van der Waals surface area contributed by atoms with Gasteiger partial charge in [0.1, 0.15) is 12.2 Å². The first-order chi connectivity index (χ1) is 14.0. The van der Waals surface area contributed by atoms with Crippen LogP contribution < -0.4 is 5.32 Å². The summed E-state index contributed by atoms with van der Waals surface area (Å²) in [7, 11) is 0. The second kappa shape index (κ2) is 11.4. The van der Waals surface area contributed by atoms with Crippen LogP contribution >= 0.6 is 0 Å².